The zero-order chi connectivity index (χ0) is 16.4. The lowest BCUT2D eigenvalue weighted by Gasteiger charge is -2.38. The van der Waals surface area contributed by atoms with Crippen LogP contribution in [0.25, 0.3) is 11.1 Å². The number of amides is 1. The van der Waals surface area contributed by atoms with E-state index in [9.17, 15) is 14.7 Å². The Balaban J connectivity index is 1.74. The molecule has 0 radical (unpaired) electrons. The number of hydrogen-bond acceptors (Lipinski definition) is 4. The number of furan rings is 1. The molecule has 0 aromatic carbocycles. The molecule has 1 fully saturated rings. The Morgan fingerprint density at radius 2 is 2.17 bits per heavy atom. The average molecular weight is 314 g/mol. The monoisotopic (exact) mass is 314 g/mol. The van der Waals surface area contributed by atoms with Crippen molar-refractivity contribution in [1.82, 2.24) is 9.88 Å². The van der Waals surface area contributed by atoms with E-state index >= 15 is 0 Å². The molecule has 1 saturated heterocycles. The van der Waals surface area contributed by atoms with Gasteiger partial charge in [0.25, 0.3) is 5.91 Å². The van der Waals surface area contributed by atoms with Gasteiger partial charge in [-0.2, -0.15) is 0 Å². The lowest BCUT2D eigenvalue weighted by atomic mass is 9.75. The molecular formula is C17H18N2O4. The van der Waals surface area contributed by atoms with E-state index in [4.69, 9.17) is 4.42 Å². The summed E-state index contributed by atoms with van der Waals surface area (Å²) in [5.41, 5.74) is 0.927. The third kappa shape index (κ3) is 2.72. The summed E-state index contributed by atoms with van der Waals surface area (Å²) in [5, 5.41) is 9.48. The van der Waals surface area contributed by atoms with Crippen molar-refractivity contribution in [1.29, 1.82) is 0 Å². The van der Waals surface area contributed by atoms with Crippen LogP contribution in [-0.4, -0.2) is 40.0 Å². The van der Waals surface area contributed by atoms with Crippen molar-refractivity contribution in [3.05, 3.63) is 42.8 Å². The van der Waals surface area contributed by atoms with Crippen LogP contribution in [0.4, 0.5) is 0 Å². The average Bonchev–Trinajstić information content (AvgIpc) is 3.02. The Kier molecular flexibility index (Phi) is 3.90. The maximum Gasteiger partial charge on any atom is 0.310 e. The number of carboxylic acids is 1. The Hall–Kier alpha value is -2.63. The molecule has 2 aromatic rings. The minimum atomic E-state index is -0.817. The summed E-state index contributed by atoms with van der Waals surface area (Å²) in [5.74, 6) is -0.962. The molecule has 1 amide bonds. The highest BCUT2D eigenvalue weighted by atomic mass is 16.4. The molecule has 2 aromatic heterocycles. The summed E-state index contributed by atoms with van der Waals surface area (Å²) in [6.07, 6.45) is 5.98. The predicted molar refractivity (Wildman–Crippen MR) is 84.0 cm³/mol. The van der Waals surface area contributed by atoms with Crippen molar-refractivity contribution in [2.45, 2.75) is 19.3 Å². The summed E-state index contributed by atoms with van der Waals surface area (Å²) < 4.78 is 5.27. The molecule has 23 heavy (non-hydrogen) atoms. The van der Waals surface area contributed by atoms with Crippen LogP contribution in [0.3, 0.4) is 0 Å². The molecule has 6 nitrogen and oxygen atoms in total. The molecule has 0 atom stereocenters. The van der Waals surface area contributed by atoms with E-state index in [1.165, 1.54) is 12.5 Å². The van der Waals surface area contributed by atoms with Crippen molar-refractivity contribution >= 4 is 23.0 Å². The van der Waals surface area contributed by atoms with Gasteiger partial charge in [0.15, 0.2) is 5.58 Å². The zero-order valence-corrected chi connectivity index (χ0v) is 12.7. The number of fused-ring (bicyclic) bond motifs is 1. The Labute approximate surface area is 133 Å². The van der Waals surface area contributed by atoms with E-state index in [1.807, 2.05) is 0 Å². The number of carboxylic acid groups (broad SMARTS) is 1. The molecular weight excluding hydrogens is 296 g/mol. The van der Waals surface area contributed by atoms with Crippen LogP contribution in [0, 0.1) is 5.41 Å². The topological polar surface area (TPSA) is 83.6 Å². The number of aromatic nitrogens is 1. The zero-order valence-electron chi connectivity index (χ0n) is 12.7. The van der Waals surface area contributed by atoms with Gasteiger partial charge in [-0.05, 0) is 25.3 Å². The van der Waals surface area contributed by atoms with Crippen LogP contribution < -0.4 is 0 Å². The summed E-state index contributed by atoms with van der Waals surface area (Å²) >= 11 is 0. The van der Waals surface area contributed by atoms with E-state index in [0.717, 1.165) is 0 Å². The molecule has 1 N–H and O–H groups in total. The molecule has 1 aliphatic rings. The minimum absolute atomic E-state index is 0.145. The first kappa shape index (κ1) is 15.3. The van der Waals surface area contributed by atoms with Crippen LogP contribution in [-0.2, 0) is 4.79 Å². The standard InChI is InChI=1S/C17H18N2O4/c1-2-4-17(16(21)22)5-7-19(8-6-17)15(20)12-10-14-13(18-11-12)3-9-23-14/h2-3,9-11H,1,4-8H2,(H,21,22). The van der Waals surface area contributed by atoms with Gasteiger partial charge in [-0.25, -0.2) is 0 Å². The first-order valence-electron chi connectivity index (χ1n) is 7.52. The number of carbonyl (C=O) groups is 2. The summed E-state index contributed by atoms with van der Waals surface area (Å²) in [6.45, 7) is 4.47. The Morgan fingerprint density at radius 3 is 2.83 bits per heavy atom. The first-order valence-corrected chi connectivity index (χ1v) is 7.52. The van der Waals surface area contributed by atoms with Crippen molar-refractivity contribution < 1.29 is 19.1 Å². The van der Waals surface area contributed by atoms with Gasteiger partial charge in [0, 0.05) is 25.4 Å². The number of aliphatic carboxylic acids is 1. The number of hydrogen-bond donors (Lipinski definition) is 1. The van der Waals surface area contributed by atoms with E-state index < -0.39 is 11.4 Å². The highest BCUT2D eigenvalue weighted by Crippen LogP contribution is 2.36. The third-order valence-corrected chi connectivity index (χ3v) is 4.55. The van der Waals surface area contributed by atoms with Gasteiger partial charge in [-0.3, -0.25) is 14.6 Å². The molecule has 0 saturated carbocycles. The number of nitrogens with zero attached hydrogens (tertiary/aromatic N) is 2. The fraction of sp³-hybridized carbons (Fsp3) is 0.353. The van der Waals surface area contributed by atoms with Crippen LogP contribution in [0.2, 0.25) is 0 Å². The number of piperidine rings is 1. The Bertz CT molecular complexity index is 757. The van der Waals surface area contributed by atoms with Gasteiger partial charge in [-0.1, -0.05) is 6.08 Å². The lowest BCUT2D eigenvalue weighted by molar-refractivity contribution is -0.151. The number of rotatable bonds is 4. The van der Waals surface area contributed by atoms with Crippen LogP contribution in [0.15, 0.2) is 41.7 Å². The summed E-state index contributed by atoms with van der Waals surface area (Å²) in [4.78, 5) is 30.0. The second-order valence-corrected chi connectivity index (χ2v) is 5.90. The van der Waals surface area contributed by atoms with Crippen molar-refractivity contribution in [3.63, 3.8) is 0 Å². The van der Waals surface area contributed by atoms with Gasteiger partial charge in [-0.15, -0.1) is 6.58 Å². The van der Waals surface area contributed by atoms with Gasteiger partial charge in [0.05, 0.1) is 17.2 Å². The number of pyridine rings is 1. The van der Waals surface area contributed by atoms with E-state index in [-0.39, 0.29) is 5.91 Å². The molecule has 3 heterocycles. The lowest BCUT2D eigenvalue weighted by Crippen LogP contribution is -2.46. The SMILES string of the molecule is C=CCC1(C(=O)O)CCN(C(=O)c2cnc3ccoc3c2)CC1. The number of carbonyl (C=O) groups excluding carboxylic acids is 1. The van der Waals surface area contributed by atoms with Gasteiger partial charge < -0.3 is 14.4 Å². The van der Waals surface area contributed by atoms with Crippen LogP contribution in [0.5, 0.6) is 0 Å². The quantitative estimate of drug-likeness (QED) is 0.877. The smallest absolute Gasteiger partial charge is 0.310 e. The third-order valence-electron chi connectivity index (χ3n) is 4.55. The highest BCUT2D eigenvalue weighted by molar-refractivity contribution is 5.96. The molecule has 6 heteroatoms. The molecule has 0 unspecified atom stereocenters. The molecule has 0 aliphatic carbocycles. The van der Waals surface area contributed by atoms with Crippen LogP contribution in [0.1, 0.15) is 29.6 Å². The van der Waals surface area contributed by atoms with Crippen molar-refractivity contribution in [2.24, 2.45) is 5.41 Å². The normalized spacial score (nSPS) is 17.1. The molecule has 0 bridgehead atoms. The fourth-order valence-corrected chi connectivity index (χ4v) is 3.07. The number of likely N-dealkylation sites (tertiary alicyclic amines) is 1. The van der Waals surface area contributed by atoms with Crippen LogP contribution >= 0.6 is 0 Å². The predicted octanol–water partition coefficient (Wildman–Crippen LogP) is 2.71. The second-order valence-electron chi connectivity index (χ2n) is 5.90. The Morgan fingerprint density at radius 1 is 1.43 bits per heavy atom. The first-order chi connectivity index (χ1) is 11.1. The second kappa shape index (κ2) is 5.87. The van der Waals surface area contributed by atoms with E-state index in [2.05, 4.69) is 11.6 Å². The molecule has 3 rings (SSSR count). The maximum atomic E-state index is 12.6. The van der Waals surface area contributed by atoms with E-state index in [0.29, 0.717) is 49.0 Å². The largest absolute Gasteiger partial charge is 0.481 e. The minimum Gasteiger partial charge on any atom is -0.481 e. The molecule has 0 spiro atoms. The van der Waals surface area contributed by atoms with Gasteiger partial charge >= 0.3 is 5.97 Å². The van der Waals surface area contributed by atoms with Gasteiger partial charge in [0.1, 0.15) is 5.52 Å². The maximum absolute atomic E-state index is 12.6. The summed E-state index contributed by atoms with van der Waals surface area (Å²) in [7, 11) is 0. The van der Waals surface area contributed by atoms with Crippen molar-refractivity contribution in [2.75, 3.05) is 13.1 Å². The van der Waals surface area contributed by atoms with Crippen molar-refractivity contribution in [3.8, 4) is 0 Å². The summed E-state index contributed by atoms with van der Waals surface area (Å²) in [6, 6.07) is 3.41. The highest BCUT2D eigenvalue weighted by Gasteiger charge is 2.41. The number of allylic oxidation sites excluding steroid dienone is 1. The van der Waals surface area contributed by atoms with E-state index in [1.54, 1.807) is 23.1 Å². The van der Waals surface area contributed by atoms with Gasteiger partial charge in [0.2, 0.25) is 0 Å². The molecule has 120 valence electrons. The molecule has 1 aliphatic heterocycles. The fourth-order valence-electron chi connectivity index (χ4n) is 3.07.